The molecule has 1 amide bonds. The van der Waals surface area contributed by atoms with Crippen LogP contribution in [0.2, 0.25) is 5.02 Å². The first-order chi connectivity index (χ1) is 6.75. The number of hydrogen-bond acceptors (Lipinski definition) is 2. The van der Waals surface area contributed by atoms with Gasteiger partial charge in [0.1, 0.15) is 0 Å². The van der Waals surface area contributed by atoms with Gasteiger partial charge < -0.3 is 10.1 Å². The average Bonchev–Trinajstić information content (AvgIpc) is 2.18. The molecular weight excluding hydrogens is 237 g/mol. The molecule has 5 heteroatoms. The van der Waals surface area contributed by atoms with Crippen LogP contribution in [0.3, 0.4) is 0 Å². The van der Waals surface area contributed by atoms with Gasteiger partial charge in [0.2, 0.25) is 0 Å². The Labute approximate surface area is 99.2 Å². The molecule has 1 saturated heterocycles. The van der Waals surface area contributed by atoms with Crippen LogP contribution in [0.25, 0.3) is 0 Å². The summed E-state index contributed by atoms with van der Waals surface area (Å²) in [4.78, 5) is 11.0. The van der Waals surface area contributed by atoms with Crippen molar-refractivity contribution in [2.45, 2.75) is 12.5 Å². The van der Waals surface area contributed by atoms with E-state index >= 15 is 0 Å². The van der Waals surface area contributed by atoms with Crippen molar-refractivity contribution in [3.8, 4) is 0 Å². The van der Waals surface area contributed by atoms with Crippen LogP contribution in [0, 0.1) is 0 Å². The van der Waals surface area contributed by atoms with E-state index in [2.05, 4.69) is 5.32 Å². The Kier molecular flexibility index (Phi) is 4.24. The Morgan fingerprint density at radius 2 is 2.27 bits per heavy atom. The highest BCUT2D eigenvalue weighted by atomic mass is 35.5. The Morgan fingerprint density at radius 1 is 1.47 bits per heavy atom. The van der Waals surface area contributed by atoms with Crippen LogP contribution in [-0.2, 0) is 4.74 Å². The number of hydrogen-bond donors (Lipinski definition) is 1. The molecule has 1 heterocycles. The summed E-state index contributed by atoms with van der Waals surface area (Å²) in [6, 6.07) is 7.51. The van der Waals surface area contributed by atoms with E-state index in [1.54, 1.807) is 0 Å². The molecule has 0 radical (unpaired) electrons. The lowest BCUT2D eigenvalue weighted by Crippen LogP contribution is -2.35. The van der Waals surface area contributed by atoms with Gasteiger partial charge in [-0.15, -0.1) is 12.4 Å². The highest BCUT2D eigenvalue weighted by Gasteiger charge is 2.20. The summed E-state index contributed by atoms with van der Waals surface area (Å²) in [5.74, 6) is 0. The molecular formula is C10H11Cl2NO2. The van der Waals surface area contributed by atoms with Crippen molar-refractivity contribution in [2.24, 2.45) is 0 Å². The fourth-order valence-electron chi connectivity index (χ4n) is 1.50. The second-order valence-corrected chi connectivity index (χ2v) is 3.61. The van der Waals surface area contributed by atoms with Crippen LogP contribution in [0.15, 0.2) is 24.3 Å². The molecule has 0 aliphatic carbocycles. The molecule has 3 nitrogen and oxygen atoms in total. The van der Waals surface area contributed by atoms with Crippen molar-refractivity contribution in [3.63, 3.8) is 0 Å². The van der Waals surface area contributed by atoms with Crippen LogP contribution in [-0.4, -0.2) is 12.7 Å². The molecule has 1 N–H and O–H groups in total. The Balaban J connectivity index is 0.00000112. The van der Waals surface area contributed by atoms with Crippen LogP contribution in [0.5, 0.6) is 0 Å². The average molecular weight is 248 g/mol. The van der Waals surface area contributed by atoms with E-state index in [0.717, 1.165) is 12.0 Å². The van der Waals surface area contributed by atoms with Crippen molar-refractivity contribution in [2.75, 3.05) is 6.61 Å². The number of ether oxygens (including phenoxy) is 1. The van der Waals surface area contributed by atoms with Crippen molar-refractivity contribution in [1.29, 1.82) is 0 Å². The van der Waals surface area contributed by atoms with Gasteiger partial charge in [0.15, 0.2) is 0 Å². The Bertz CT molecular complexity index is 357. The summed E-state index contributed by atoms with van der Waals surface area (Å²) in [7, 11) is 0. The first-order valence-corrected chi connectivity index (χ1v) is 4.82. The minimum atomic E-state index is -0.360. The molecule has 1 aromatic carbocycles. The highest BCUT2D eigenvalue weighted by Crippen LogP contribution is 2.22. The smallest absolute Gasteiger partial charge is 0.407 e. The molecule has 1 aromatic rings. The van der Waals surface area contributed by atoms with E-state index in [-0.39, 0.29) is 24.5 Å². The van der Waals surface area contributed by atoms with E-state index in [0.29, 0.717) is 11.6 Å². The standard InChI is InChI=1S/C10H10ClNO2.ClH/c11-8-3-1-2-7(6-8)9-4-5-14-10(13)12-9;/h1-3,6,9H,4-5H2,(H,12,13);1H/t9-;/m1./s1. The van der Waals surface area contributed by atoms with Crippen LogP contribution >= 0.6 is 24.0 Å². The minimum absolute atomic E-state index is 0. The fourth-order valence-corrected chi connectivity index (χ4v) is 1.70. The zero-order chi connectivity index (χ0) is 9.97. The number of cyclic esters (lactones) is 1. The van der Waals surface area contributed by atoms with Crippen molar-refractivity contribution in [3.05, 3.63) is 34.9 Å². The molecule has 1 atom stereocenters. The lowest BCUT2D eigenvalue weighted by Gasteiger charge is -2.23. The number of rotatable bonds is 1. The predicted molar refractivity (Wildman–Crippen MR) is 60.5 cm³/mol. The normalized spacial score (nSPS) is 19.8. The molecule has 1 aliphatic heterocycles. The van der Waals surface area contributed by atoms with E-state index in [4.69, 9.17) is 16.3 Å². The van der Waals surface area contributed by atoms with Gasteiger partial charge in [-0.2, -0.15) is 0 Å². The molecule has 0 aromatic heterocycles. The van der Waals surface area contributed by atoms with Crippen LogP contribution in [0.4, 0.5) is 4.79 Å². The molecule has 2 rings (SSSR count). The maximum Gasteiger partial charge on any atom is 0.407 e. The molecule has 15 heavy (non-hydrogen) atoms. The second-order valence-electron chi connectivity index (χ2n) is 3.18. The summed E-state index contributed by atoms with van der Waals surface area (Å²) in [5.41, 5.74) is 1.02. The Hall–Kier alpha value is -0.930. The third-order valence-electron chi connectivity index (χ3n) is 2.18. The van der Waals surface area contributed by atoms with Gasteiger partial charge in [-0.3, -0.25) is 0 Å². The maximum absolute atomic E-state index is 11.0. The minimum Gasteiger partial charge on any atom is -0.449 e. The molecule has 0 spiro atoms. The largest absolute Gasteiger partial charge is 0.449 e. The summed E-state index contributed by atoms with van der Waals surface area (Å²) in [6.45, 7) is 0.461. The molecule has 0 saturated carbocycles. The quantitative estimate of drug-likeness (QED) is 0.829. The van der Waals surface area contributed by atoms with Gasteiger partial charge in [-0.1, -0.05) is 23.7 Å². The van der Waals surface area contributed by atoms with Crippen LogP contribution in [0.1, 0.15) is 18.0 Å². The first-order valence-electron chi connectivity index (χ1n) is 4.44. The fraction of sp³-hybridized carbons (Fsp3) is 0.300. The number of halogens is 2. The van der Waals surface area contributed by atoms with Gasteiger partial charge in [0.05, 0.1) is 12.6 Å². The van der Waals surface area contributed by atoms with Crippen LogP contribution < -0.4 is 5.32 Å². The zero-order valence-electron chi connectivity index (χ0n) is 7.90. The van der Waals surface area contributed by atoms with E-state index in [9.17, 15) is 4.79 Å². The van der Waals surface area contributed by atoms with E-state index in [1.165, 1.54) is 0 Å². The van der Waals surface area contributed by atoms with Gasteiger partial charge in [-0.05, 0) is 17.7 Å². The monoisotopic (exact) mass is 247 g/mol. The summed E-state index contributed by atoms with van der Waals surface area (Å²) in [5, 5.41) is 3.42. The zero-order valence-corrected chi connectivity index (χ0v) is 9.48. The van der Waals surface area contributed by atoms with Gasteiger partial charge in [0, 0.05) is 11.4 Å². The van der Waals surface area contributed by atoms with Gasteiger partial charge in [0.25, 0.3) is 0 Å². The third kappa shape index (κ3) is 3.01. The topological polar surface area (TPSA) is 38.3 Å². The predicted octanol–water partition coefficient (Wildman–Crippen LogP) is 2.93. The Morgan fingerprint density at radius 3 is 2.93 bits per heavy atom. The van der Waals surface area contributed by atoms with Crippen molar-refractivity contribution in [1.82, 2.24) is 5.32 Å². The van der Waals surface area contributed by atoms with Crippen molar-refractivity contribution >= 4 is 30.1 Å². The van der Waals surface area contributed by atoms with E-state index < -0.39 is 0 Å². The summed E-state index contributed by atoms with van der Waals surface area (Å²) >= 11 is 5.86. The molecule has 1 aliphatic rings. The number of alkyl carbamates (subject to hydrolysis) is 1. The molecule has 0 unspecified atom stereocenters. The summed E-state index contributed by atoms with van der Waals surface area (Å²) < 4.78 is 4.78. The van der Waals surface area contributed by atoms with Gasteiger partial charge >= 0.3 is 6.09 Å². The number of carbonyl (C=O) groups excluding carboxylic acids is 1. The summed E-state index contributed by atoms with van der Waals surface area (Å²) in [6.07, 6.45) is 0.424. The third-order valence-corrected chi connectivity index (χ3v) is 2.42. The lowest BCUT2D eigenvalue weighted by molar-refractivity contribution is 0.115. The first kappa shape index (κ1) is 12.1. The van der Waals surface area contributed by atoms with Gasteiger partial charge in [-0.25, -0.2) is 4.79 Å². The SMILES string of the molecule is Cl.O=C1N[C@@H](c2cccc(Cl)c2)CCO1. The second kappa shape index (κ2) is 5.24. The number of amides is 1. The lowest BCUT2D eigenvalue weighted by atomic mass is 10.0. The maximum atomic E-state index is 11.0. The molecule has 0 bridgehead atoms. The number of carbonyl (C=O) groups is 1. The molecule has 1 fully saturated rings. The van der Waals surface area contributed by atoms with E-state index in [1.807, 2.05) is 24.3 Å². The number of benzene rings is 1. The van der Waals surface area contributed by atoms with Crippen molar-refractivity contribution < 1.29 is 9.53 Å². The number of nitrogens with one attached hydrogen (secondary N) is 1. The highest BCUT2D eigenvalue weighted by molar-refractivity contribution is 6.30. The molecule has 82 valence electrons.